The molecule has 0 aliphatic rings. The first-order valence-corrected chi connectivity index (χ1v) is 4.47. The van der Waals surface area contributed by atoms with Crippen molar-refractivity contribution in [1.29, 1.82) is 0 Å². The molecule has 0 amide bonds. The smallest absolute Gasteiger partial charge is 0.0823 e. The Balaban J connectivity index is 4.26. The first-order valence-electron chi connectivity index (χ1n) is 4.47. The van der Waals surface area contributed by atoms with Crippen LogP contribution in [0.25, 0.3) is 0 Å². The molecule has 0 radical (unpaired) electrons. The maximum absolute atomic E-state index is 5.96. The van der Waals surface area contributed by atoms with Gasteiger partial charge in [-0.25, -0.2) is 0 Å². The van der Waals surface area contributed by atoms with E-state index in [1.54, 1.807) is 7.11 Å². The fourth-order valence-corrected chi connectivity index (χ4v) is 1.59. The molecule has 0 aromatic rings. The summed E-state index contributed by atoms with van der Waals surface area (Å²) in [6, 6.07) is 0.169. The number of hydrogen-bond acceptors (Lipinski definition) is 2. The summed E-state index contributed by atoms with van der Waals surface area (Å²) in [6.45, 7) is 6.36. The first-order chi connectivity index (χ1) is 5.16. The average Bonchev–Trinajstić information content (AvgIpc) is 2.08. The lowest BCUT2D eigenvalue weighted by Gasteiger charge is -2.35. The van der Waals surface area contributed by atoms with E-state index in [9.17, 15) is 0 Å². The number of methoxy groups -OCH3 is 1. The molecule has 1 unspecified atom stereocenters. The van der Waals surface area contributed by atoms with E-state index >= 15 is 0 Å². The molecular formula is C9H21NO. The molecule has 2 nitrogen and oxygen atoms in total. The Morgan fingerprint density at radius 3 is 1.82 bits per heavy atom. The molecule has 0 heterocycles. The van der Waals surface area contributed by atoms with Gasteiger partial charge in [-0.1, -0.05) is 20.8 Å². The second kappa shape index (κ2) is 4.73. The Bertz CT molecular complexity index is 91.5. The zero-order valence-corrected chi connectivity index (χ0v) is 8.18. The Morgan fingerprint density at radius 1 is 1.27 bits per heavy atom. The highest BCUT2D eigenvalue weighted by Gasteiger charge is 2.31. The van der Waals surface area contributed by atoms with Crippen molar-refractivity contribution >= 4 is 0 Å². The molecule has 2 N–H and O–H groups in total. The predicted molar refractivity (Wildman–Crippen MR) is 48.6 cm³/mol. The van der Waals surface area contributed by atoms with E-state index in [2.05, 4.69) is 20.8 Å². The van der Waals surface area contributed by atoms with Crippen molar-refractivity contribution in [3.63, 3.8) is 0 Å². The van der Waals surface area contributed by atoms with Gasteiger partial charge in [-0.3, -0.25) is 0 Å². The van der Waals surface area contributed by atoms with Crippen LogP contribution in [-0.4, -0.2) is 18.8 Å². The monoisotopic (exact) mass is 159 g/mol. The predicted octanol–water partition coefficient (Wildman–Crippen LogP) is 1.93. The van der Waals surface area contributed by atoms with Crippen LogP contribution in [0.1, 0.15) is 40.0 Å². The quantitative estimate of drug-likeness (QED) is 0.665. The molecule has 0 aromatic heterocycles. The number of rotatable bonds is 5. The van der Waals surface area contributed by atoms with Crippen molar-refractivity contribution in [1.82, 2.24) is 0 Å². The summed E-state index contributed by atoms with van der Waals surface area (Å²) >= 11 is 0. The van der Waals surface area contributed by atoms with Gasteiger partial charge in [0.25, 0.3) is 0 Å². The van der Waals surface area contributed by atoms with Gasteiger partial charge in [0.05, 0.1) is 5.60 Å². The maximum Gasteiger partial charge on any atom is 0.0823 e. The van der Waals surface area contributed by atoms with Crippen LogP contribution >= 0.6 is 0 Å². The lowest BCUT2D eigenvalue weighted by Crippen LogP contribution is -2.48. The minimum atomic E-state index is -0.0885. The first kappa shape index (κ1) is 10.9. The van der Waals surface area contributed by atoms with Crippen LogP contribution in [-0.2, 0) is 4.74 Å². The van der Waals surface area contributed by atoms with Crippen molar-refractivity contribution in [2.24, 2.45) is 5.73 Å². The highest BCUT2D eigenvalue weighted by molar-refractivity contribution is 4.87. The Hall–Kier alpha value is -0.0800. The maximum atomic E-state index is 5.96. The van der Waals surface area contributed by atoms with Gasteiger partial charge in [0.15, 0.2) is 0 Å². The van der Waals surface area contributed by atoms with Gasteiger partial charge >= 0.3 is 0 Å². The summed E-state index contributed by atoms with van der Waals surface area (Å²) in [6.07, 6.45) is 2.97. The molecule has 0 fully saturated rings. The van der Waals surface area contributed by atoms with Crippen LogP contribution in [0.5, 0.6) is 0 Å². The van der Waals surface area contributed by atoms with Gasteiger partial charge in [0.1, 0.15) is 0 Å². The fraction of sp³-hybridized carbons (Fsp3) is 1.00. The summed E-state index contributed by atoms with van der Waals surface area (Å²) in [4.78, 5) is 0. The molecule has 0 aromatic carbocycles. The summed E-state index contributed by atoms with van der Waals surface area (Å²) < 4.78 is 5.46. The topological polar surface area (TPSA) is 35.2 Å². The summed E-state index contributed by atoms with van der Waals surface area (Å²) in [5, 5.41) is 0. The highest BCUT2D eigenvalue weighted by Crippen LogP contribution is 2.24. The number of hydrogen-bond donors (Lipinski definition) is 1. The van der Waals surface area contributed by atoms with E-state index < -0.39 is 0 Å². The number of ether oxygens (including phenoxy) is 1. The van der Waals surface area contributed by atoms with Crippen molar-refractivity contribution in [3.05, 3.63) is 0 Å². The van der Waals surface area contributed by atoms with E-state index in [1.807, 2.05) is 0 Å². The molecule has 0 spiro atoms. The summed E-state index contributed by atoms with van der Waals surface area (Å²) in [5.74, 6) is 0. The molecule has 1 atom stereocenters. The second-order valence-electron chi connectivity index (χ2n) is 2.99. The third-order valence-corrected chi connectivity index (χ3v) is 2.72. The van der Waals surface area contributed by atoms with Crippen LogP contribution in [0, 0.1) is 0 Å². The molecule has 0 aliphatic carbocycles. The number of nitrogens with two attached hydrogens (primary N) is 1. The third-order valence-electron chi connectivity index (χ3n) is 2.72. The zero-order chi connectivity index (χ0) is 8.91. The molecule has 0 bridgehead atoms. The van der Waals surface area contributed by atoms with Gasteiger partial charge in [0.2, 0.25) is 0 Å². The minimum Gasteiger partial charge on any atom is -0.377 e. The van der Waals surface area contributed by atoms with E-state index in [-0.39, 0.29) is 11.6 Å². The van der Waals surface area contributed by atoms with Crippen molar-refractivity contribution < 1.29 is 4.74 Å². The van der Waals surface area contributed by atoms with Gasteiger partial charge in [-0.2, -0.15) is 0 Å². The van der Waals surface area contributed by atoms with Crippen molar-refractivity contribution in [2.45, 2.75) is 51.7 Å². The van der Waals surface area contributed by atoms with Crippen molar-refractivity contribution in [2.75, 3.05) is 7.11 Å². The van der Waals surface area contributed by atoms with E-state index in [4.69, 9.17) is 10.5 Å². The van der Waals surface area contributed by atoms with Crippen LogP contribution in [0.2, 0.25) is 0 Å². The Kier molecular flexibility index (Phi) is 4.69. The van der Waals surface area contributed by atoms with Gasteiger partial charge in [-0.15, -0.1) is 0 Å². The average molecular weight is 159 g/mol. The van der Waals surface area contributed by atoms with Crippen LogP contribution in [0.3, 0.4) is 0 Å². The molecule has 0 aliphatic heterocycles. The molecule has 0 saturated heterocycles. The molecule has 0 saturated carbocycles. The standard InChI is InChI=1S/C9H21NO/c1-5-8(10)9(6-2,7-3)11-4/h8H,5-7,10H2,1-4H3. The molecule has 68 valence electrons. The largest absolute Gasteiger partial charge is 0.377 e. The van der Waals surface area contributed by atoms with Crippen molar-refractivity contribution in [3.8, 4) is 0 Å². The Morgan fingerprint density at radius 2 is 1.73 bits per heavy atom. The SMILES string of the molecule is CCC(N)C(CC)(CC)OC. The molecule has 11 heavy (non-hydrogen) atoms. The van der Waals surface area contributed by atoms with Crippen LogP contribution in [0.15, 0.2) is 0 Å². The molecular weight excluding hydrogens is 138 g/mol. The lowest BCUT2D eigenvalue weighted by molar-refractivity contribution is -0.0383. The van der Waals surface area contributed by atoms with E-state index in [0.29, 0.717) is 0 Å². The van der Waals surface area contributed by atoms with Gasteiger partial charge in [0, 0.05) is 13.2 Å². The van der Waals surface area contributed by atoms with E-state index in [0.717, 1.165) is 19.3 Å². The summed E-state index contributed by atoms with van der Waals surface area (Å²) in [7, 11) is 1.75. The second-order valence-corrected chi connectivity index (χ2v) is 2.99. The Labute approximate surface area is 70.1 Å². The third kappa shape index (κ3) is 2.17. The fourth-order valence-electron chi connectivity index (χ4n) is 1.59. The van der Waals surface area contributed by atoms with Gasteiger partial charge < -0.3 is 10.5 Å². The molecule has 0 rings (SSSR count). The van der Waals surface area contributed by atoms with Crippen LogP contribution in [0.4, 0.5) is 0 Å². The van der Waals surface area contributed by atoms with E-state index in [1.165, 1.54) is 0 Å². The van der Waals surface area contributed by atoms with Gasteiger partial charge in [-0.05, 0) is 19.3 Å². The highest BCUT2D eigenvalue weighted by atomic mass is 16.5. The zero-order valence-electron chi connectivity index (χ0n) is 8.18. The summed E-state index contributed by atoms with van der Waals surface area (Å²) in [5.41, 5.74) is 5.87. The molecule has 2 heteroatoms. The van der Waals surface area contributed by atoms with Crippen LogP contribution < -0.4 is 5.73 Å². The minimum absolute atomic E-state index is 0.0885. The normalized spacial score (nSPS) is 15.0. The lowest BCUT2D eigenvalue weighted by atomic mass is 9.87.